The van der Waals surface area contributed by atoms with Gasteiger partial charge in [0.15, 0.2) is 5.05 Å². The first-order valence-corrected chi connectivity index (χ1v) is 5.25. The first-order valence-electron chi connectivity index (χ1n) is 4.84. The lowest BCUT2D eigenvalue weighted by Crippen LogP contribution is -2.02. The average Bonchev–Trinajstić information content (AvgIpc) is 2.29. The summed E-state index contributed by atoms with van der Waals surface area (Å²) < 4.78 is 5.03. The molecule has 0 aliphatic carbocycles. The molecule has 0 unspecified atom stereocenters. The van der Waals surface area contributed by atoms with Gasteiger partial charge in [-0.05, 0) is 28.6 Å². The fourth-order valence-electron chi connectivity index (χ4n) is 1.67. The van der Waals surface area contributed by atoms with Gasteiger partial charge in [0.1, 0.15) is 0 Å². The second-order valence-corrected chi connectivity index (χ2v) is 3.85. The van der Waals surface area contributed by atoms with Gasteiger partial charge in [0.25, 0.3) is 0 Å². The molecule has 0 atom stereocenters. The fraction of sp³-hybridized carbons (Fsp3) is 0.154. The smallest absolute Gasteiger partial charge is 0.163 e. The fourth-order valence-corrected chi connectivity index (χ4v) is 1.83. The van der Waals surface area contributed by atoms with Crippen molar-refractivity contribution < 1.29 is 4.74 Å². The highest BCUT2D eigenvalue weighted by molar-refractivity contribution is 7.80. The molecule has 0 saturated heterocycles. The normalized spacial score (nSPS) is 10.2. The first kappa shape index (κ1) is 10.1. The molecule has 1 nitrogen and oxygen atoms in total. The van der Waals surface area contributed by atoms with E-state index in [1.54, 1.807) is 7.11 Å². The zero-order chi connectivity index (χ0) is 10.7. The van der Waals surface area contributed by atoms with Gasteiger partial charge in [0, 0.05) is 6.42 Å². The van der Waals surface area contributed by atoms with Crippen LogP contribution in [0.4, 0.5) is 0 Å². The molecule has 0 radical (unpaired) electrons. The molecule has 0 aliphatic rings. The van der Waals surface area contributed by atoms with E-state index in [1.165, 1.54) is 16.3 Å². The van der Waals surface area contributed by atoms with E-state index in [0.717, 1.165) is 0 Å². The van der Waals surface area contributed by atoms with Crippen LogP contribution in [0.25, 0.3) is 10.8 Å². The lowest BCUT2D eigenvalue weighted by Gasteiger charge is -2.06. The van der Waals surface area contributed by atoms with Crippen molar-refractivity contribution in [3.63, 3.8) is 0 Å². The maximum absolute atomic E-state index is 5.08. The van der Waals surface area contributed by atoms with Crippen LogP contribution < -0.4 is 0 Å². The van der Waals surface area contributed by atoms with E-state index in [2.05, 4.69) is 30.3 Å². The highest BCUT2D eigenvalue weighted by Gasteiger charge is 2.02. The van der Waals surface area contributed by atoms with Gasteiger partial charge in [-0.2, -0.15) is 0 Å². The van der Waals surface area contributed by atoms with Crippen LogP contribution in [0.5, 0.6) is 0 Å². The Morgan fingerprint density at radius 1 is 1.13 bits per heavy atom. The second kappa shape index (κ2) is 4.41. The standard InChI is InChI=1S/C13H12OS/c1-14-13(15)9-11-7-4-6-10-5-2-3-8-12(10)11/h2-8H,9H2,1H3. The number of hydrogen-bond acceptors (Lipinski definition) is 2. The van der Waals surface area contributed by atoms with Crippen LogP contribution in [0.15, 0.2) is 42.5 Å². The van der Waals surface area contributed by atoms with E-state index in [0.29, 0.717) is 11.5 Å². The van der Waals surface area contributed by atoms with Crippen molar-refractivity contribution in [2.24, 2.45) is 0 Å². The van der Waals surface area contributed by atoms with Crippen LogP contribution in [-0.2, 0) is 11.2 Å². The summed E-state index contributed by atoms with van der Waals surface area (Å²) in [7, 11) is 1.62. The number of methoxy groups -OCH3 is 1. The van der Waals surface area contributed by atoms with Crippen LogP contribution in [0.2, 0.25) is 0 Å². The molecule has 0 aromatic heterocycles. The van der Waals surface area contributed by atoms with E-state index in [1.807, 2.05) is 12.1 Å². The van der Waals surface area contributed by atoms with Crippen molar-refractivity contribution in [2.75, 3.05) is 7.11 Å². The highest BCUT2D eigenvalue weighted by Crippen LogP contribution is 2.19. The largest absolute Gasteiger partial charge is 0.490 e. The predicted octanol–water partition coefficient (Wildman–Crippen LogP) is 3.36. The lowest BCUT2D eigenvalue weighted by molar-refractivity contribution is 0.406. The summed E-state index contributed by atoms with van der Waals surface area (Å²) in [5, 5.41) is 3.12. The van der Waals surface area contributed by atoms with Gasteiger partial charge in [0.2, 0.25) is 0 Å². The lowest BCUT2D eigenvalue weighted by atomic mass is 10.0. The Labute approximate surface area is 94.7 Å². The third-order valence-corrected chi connectivity index (χ3v) is 2.75. The van der Waals surface area contributed by atoms with Crippen molar-refractivity contribution in [3.8, 4) is 0 Å². The van der Waals surface area contributed by atoms with Gasteiger partial charge >= 0.3 is 0 Å². The maximum Gasteiger partial charge on any atom is 0.163 e. The summed E-state index contributed by atoms with van der Waals surface area (Å²) in [6.45, 7) is 0. The van der Waals surface area contributed by atoms with Crippen LogP contribution in [-0.4, -0.2) is 12.2 Å². The number of benzene rings is 2. The summed E-state index contributed by atoms with van der Waals surface area (Å²) in [5.74, 6) is 0. The second-order valence-electron chi connectivity index (χ2n) is 3.39. The molecule has 2 rings (SSSR count). The molecule has 0 saturated carbocycles. The Balaban J connectivity index is 2.46. The summed E-state index contributed by atoms with van der Waals surface area (Å²) in [6.07, 6.45) is 0.702. The number of rotatable bonds is 2. The molecule has 0 aliphatic heterocycles. The molecule has 0 N–H and O–H groups in total. The molecular formula is C13H12OS. The number of hydrogen-bond donors (Lipinski definition) is 0. The van der Waals surface area contributed by atoms with Crippen LogP contribution >= 0.6 is 12.2 Å². The Morgan fingerprint density at radius 2 is 1.87 bits per heavy atom. The Hall–Kier alpha value is -1.41. The first-order chi connectivity index (χ1) is 7.31. The van der Waals surface area contributed by atoms with E-state index < -0.39 is 0 Å². The van der Waals surface area contributed by atoms with Crippen molar-refractivity contribution in [3.05, 3.63) is 48.0 Å². The zero-order valence-electron chi connectivity index (χ0n) is 8.57. The number of fused-ring (bicyclic) bond motifs is 1. The topological polar surface area (TPSA) is 9.23 Å². The van der Waals surface area contributed by atoms with Crippen molar-refractivity contribution in [1.29, 1.82) is 0 Å². The molecule has 2 aromatic carbocycles. The summed E-state index contributed by atoms with van der Waals surface area (Å²) in [6, 6.07) is 14.6. The summed E-state index contributed by atoms with van der Waals surface area (Å²) in [4.78, 5) is 0. The zero-order valence-corrected chi connectivity index (χ0v) is 9.38. The van der Waals surface area contributed by atoms with E-state index >= 15 is 0 Å². The van der Waals surface area contributed by atoms with Gasteiger partial charge in [-0.1, -0.05) is 42.5 Å². The average molecular weight is 216 g/mol. The molecule has 15 heavy (non-hydrogen) atoms. The molecule has 0 amide bonds. The maximum atomic E-state index is 5.08. The summed E-state index contributed by atoms with van der Waals surface area (Å²) in [5.41, 5.74) is 1.22. The van der Waals surface area contributed by atoms with Crippen molar-refractivity contribution in [2.45, 2.75) is 6.42 Å². The quantitative estimate of drug-likeness (QED) is 0.712. The van der Waals surface area contributed by atoms with Crippen molar-refractivity contribution >= 4 is 28.0 Å². The third-order valence-electron chi connectivity index (χ3n) is 2.44. The van der Waals surface area contributed by atoms with Gasteiger partial charge in [-0.15, -0.1) is 0 Å². The summed E-state index contributed by atoms with van der Waals surface area (Å²) >= 11 is 5.08. The van der Waals surface area contributed by atoms with E-state index in [9.17, 15) is 0 Å². The molecule has 0 fully saturated rings. The van der Waals surface area contributed by atoms with Gasteiger partial charge in [0.05, 0.1) is 7.11 Å². The number of ether oxygens (including phenoxy) is 1. The molecule has 0 spiro atoms. The minimum Gasteiger partial charge on any atom is -0.490 e. The van der Waals surface area contributed by atoms with Crippen LogP contribution in [0.1, 0.15) is 5.56 Å². The van der Waals surface area contributed by atoms with Crippen molar-refractivity contribution in [1.82, 2.24) is 0 Å². The minimum absolute atomic E-state index is 0.631. The van der Waals surface area contributed by atoms with Gasteiger partial charge in [-0.3, -0.25) is 0 Å². The van der Waals surface area contributed by atoms with E-state index in [-0.39, 0.29) is 0 Å². The highest BCUT2D eigenvalue weighted by atomic mass is 32.1. The SMILES string of the molecule is COC(=S)Cc1cccc2ccccc12. The van der Waals surface area contributed by atoms with Gasteiger partial charge < -0.3 is 4.74 Å². The van der Waals surface area contributed by atoms with Gasteiger partial charge in [-0.25, -0.2) is 0 Å². The molecule has 0 bridgehead atoms. The minimum atomic E-state index is 0.631. The molecule has 76 valence electrons. The van der Waals surface area contributed by atoms with Crippen LogP contribution in [0, 0.1) is 0 Å². The third kappa shape index (κ3) is 2.16. The molecular weight excluding hydrogens is 204 g/mol. The number of thiocarbonyl (C=S) groups is 1. The Kier molecular flexibility index (Phi) is 2.97. The predicted molar refractivity (Wildman–Crippen MR) is 67.3 cm³/mol. The monoisotopic (exact) mass is 216 g/mol. The van der Waals surface area contributed by atoms with E-state index in [4.69, 9.17) is 17.0 Å². The Bertz CT molecular complexity index is 485. The molecule has 2 heteroatoms. The molecule has 0 heterocycles. The Morgan fingerprint density at radius 3 is 2.67 bits per heavy atom. The van der Waals surface area contributed by atoms with Crippen LogP contribution in [0.3, 0.4) is 0 Å². The molecule has 2 aromatic rings.